The van der Waals surface area contributed by atoms with E-state index >= 15 is 0 Å². The van der Waals surface area contributed by atoms with Crippen molar-refractivity contribution in [3.63, 3.8) is 0 Å². The van der Waals surface area contributed by atoms with Gasteiger partial charge in [-0.3, -0.25) is 0 Å². The van der Waals surface area contributed by atoms with Gasteiger partial charge in [-0.2, -0.15) is 0 Å². The van der Waals surface area contributed by atoms with Gasteiger partial charge in [0, 0.05) is 28.2 Å². The van der Waals surface area contributed by atoms with Crippen LogP contribution < -0.4 is 11.4 Å². The molecule has 1 aliphatic carbocycles. The summed E-state index contributed by atoms with van der Waals surface area (Å²) in [4.78, 5) is 18.1. The van der Waals surface area contributed by atoms with Gasteiger partial charge in [0.25, 0.3) is 0 Å². The summed E-state index contributed by atoms with van der Waals surface area (Å²) in [5.41, 5.74) is 12.4. The molecule has 176 valence electrons. The largest absolute Gasteiger partial charge is 0.350 e. The van der Waals surface area contributed by atoms with Crippen molar-refractivity contribution in [2.75, 3.05) is 0 Å². The van der Waals surface area contributed by atoms with Gasteiger partial charge in [-0.05, 0) is 63.3 Å². The molecule has 0 unspecified atom stereocenters. The molecule has 1 saturated carbocycles. The molecule has 3 heterocycles. The molecule has 0 aliphatic heterocycles. The van der Waals surface area contributed by atoms with Crippen molar-refractivity contribution in [1.29, 1.82) is 0 Å². The predicted octanol–water partition coefficient (Wildman–Crippen LogP) is 5.47. The molecule has 6 rings (SSSR count). The minimum absolute atomic E-state index is 0.151. The van der Waals surface area contributed by atoms with E-state index in [1.54, 1.807) is 15.3 Å². The van der Waals surface area contributed by atoms with E-state index in [1.165, 1.54) is 12.0 Å². The van der Waals surface area contributed by atoms with Crippen molar-refractivity contribution in [2.45, 2.75) is 51.1 Å². The maximum absolute atomic E-state index is 13.0. The van der Waals surface area contributed by atoms with Crippen molar-refractivity contribution in [2.24, 2.45) is 5.73 Å². The molecule has 2 aromatic carbocycles. The second-order valence-corrected chi connectivity index (χ2v) is 10.6. The zero-order valence-electron chi connectivity index (χ0n) is 20.3. The van der Waals surface area contributed by atoms with Gasteiger partial charge in [-0.1, -0.05) is 54.6 Å². The number of nitrogens with two attached hydrogens (primary N) is 1. The lowest BCUT2D eigenvalue weighted by atomic mass is 9.72. The third-order valence-electron chi connectivity index (χ3n) is 7.18. The standard InChI is InChI=1S/C29H29N5O/c1-28(2,3)34-27(35)33-17-14-24-23(26(33)32-34)18-22(19-8-5-4-6-9-19)25(31-24)20-10-12-21(13-11-20)29(30)15-7-16-29/h4-6,8-14,17-18H,7,15-16,30H2,1-3H3. The molecule has 2 N–H and O–H groups in total. The van der Waals surface area contributed by atoms with Crippen molar-refractivity contribution in [3.8, 4) is 22.4 Å². The highest BCUT2D eigenvalue weighted by molar-refractivity contribution is 5.98. The number of hydrogen-bond donors (Lipinski definition) is 1. The smallest absolute Gasteiger partial charge is 0.321 e. The molecule has 0 bridgehead atoms. The Balaban J connectivity index is 1.59. The minimum atomic E-state index is -0.423. The lowest BCUT2D eigenvalue weighted by molar-refractivity contribution is 0.253. The van der Waals surface area contributed by atoms with Crippen molar-refractivity contribution in [3.05, 3.63) is 89.0 Å². The minimum Gasteiger partial charge on any atom is -0.321 e. The fourth-order valence-corrected chi connectivity index (χ4v) is 4.98. The van der Waals surface area contributed by atoms with E-state index in [1.807, 2.05) is 45.0 Å². The Morgan fingerprint density at radius 1 is 0.943 bits per heavy atom. The van der Waals surface area contributed by atoms with Crippen LogP contribution in [0.5, 0.6) is 0 Å². The van der Waals surface area contributed by atoms with Crippen LogP contribution in [0.1, 0.15) is 45.6 Å². The summed E-state index contributed by atoms with van der Waals surface area (Å²) in [6, 6.07) is 22.8. The maximum Gasteiger partial charge on any atom is 0.350 e. The van der Waals surface area contributed by atoms with Gasteiger partial charge in [0.15, 0.2) is 5.65 Å². The molecule has 6 nitrogen and oxygen atoms in total. The van der Waals surface area contributed by atoms with E-state index in [-0.39, 0.29) is 11.2 Å². The van der Waals surface area contributed by atoms with Crippen LogP contribution >= 0.6 is 0 Å². The molecule has 0 atom stereocenters. The average Bonchev–Trinajstić information content (AvgIpc) is 3.20. The van der Waals surface area contributed by atoms with E-state index in [0.29, 0.717) is 5.65 Å². The van der Waals surface area contributed by atoms with Crippen LogP contribution in [0, 0.1) is 0 Å². The lowest BCUT2D eigenvalue weighted by Gasteiger charge is -2.38. The van der Waals surface area contributed by atoms with Crippen LogP contribution in [0.3, 0.4) is 0 Å². The number of nitrogens with zero attached hydrogens (tertiary/aromatic N) is 4. The van der Waals surface area contributed by atoms with Crippen LogP contribution in [0.15, 0.2) is 77.7 Å². The first-order chi connectivity index (χ1) is 16.7. The monoisotopic (exact) mass is 463 g/mol. The second kappa shape index (κ2) is 7.62. The van der Waals surface area contributed by atoms with Crippen LogP contribution in [-0.2, 0) is 11.1 Å². The fraction of sp³-hybridized carbons (Fsp3) is 0.276. The zero-order chi connectivity index (χ0) is 24.4. The van der Waals surface area contributed by atoms with Crippen LogP contribution in [0.4, 0.5) is 0 Å². The second-order valence-electron chi connectivity index (χ2n) is 10.6. The third kappa shape index (κ3) is 3.48. The molecular weight excluding hydrogens is 434 g/mol. The Hall–Kier alpha value is -3.77. The maximum atomic E-state index is 13.0. The Labute approximate surface area is 204 Å². The Bertz CT molecular complexity index is 1620. The van der Waals surface area contributed by atoms with Gasteiger partial charge in [-0.25, -0.2) is 18.9 Å². The number of pyridine rings is 2. The first-order valence-electron chi connectivity index (χ1n) is 12.2. The van der Waals surface area contributed by atoms with E-state index in [4.69, 9.17) is 15.8 Å². The number of hydrogen-bond acceptors (Lipinski definition) is 4. The highest BCUT2D eigenvalue weighted by atomic mass is 16.2. The Morgan fingerprint density at radius 3 is 2.29 bits per heavy atom. The molecule has 6 heteroatoms. The van der Waals surface area contributed by atoms with Crippen molar-refractivity contribution in [1.82, 2.24) is 19.2 Å². The van der Waals surface area contributed by atoms with Gasteiger partial charge >= 0.3 is 5.69 Å². The van der Waals surface area contributed by atoms with Crippen molar-refractivity contribution >= 4 is 16.6 Å². The molecule has 0 amide bonds. The molecular formula is C29H29N5O. The summed E-state index contributed by atoms with van der Waals surface area (Å²) in [7, 11) is 0. The number of fused-ring (bicyclic) bond motifs is 3. The van der Waals surface area contributed by atoms with E-state index < -0.39 is 5.54 Å². The zero-order valence-corrected chi connectivity index (χ0v) is 20.3. The average molecular weight is 464 g/mol. The summed E-state index contributed by atoms with van der Waals surface area (Å²) >= 11 is 0. The molecule has 5 aromatic rings. The van der Waals surface area contributed by atoms with Crippen LogP contribution in [-0.4, -0.2) is 19.2 Å². The van der Waals surface area contributed by atoms with Gasteiger partial charge in [-0.15, -0.1) is 5.10 Å². The predicted molar refractivity (Wildman–Crippen MR) is 140 cm³/mol. The molecule has 1 fully saturated rings. The van der Waals surface area contributed by atoms with Crippen LogP contribution in [0.25, 0.3) is 38.9 Å². The quantitative estimate of drug-likeness (QED) is 0.385. The topological polar surface area (TPSA) is 78.2 Å². The molecule has 3 aromatic heterocycles. The Kier molecular flexibility index (Phi) is 4.73. The van der Waals surface area contributed by atoms with Crippen LogP contribution in [0.2, 0.25) is 0 Å². The summed E-state index contributed by atoms with van der Waals surface area (Å²) in [6.45, 7) is 5.94. The first kappa shape index (κ1) is 21.7. The summed E-state index contributed by atoms with van der Waals surface area (Å²) in [5.74, 6) is 0. The van der Waals surface area contributed by atoms with Gasteiger partial charge in [0.05, 0.1) is 16.7 Å². The number of benzene rings is 2. The number of rotatable bonds is 3. The molecule has 1 aliphatic rings. The SMILES string of the molecule is CC(C)(C)n1nc2c3cc(-c4ccccc4)c(-c4ccc(C5(N)CCC5)cc4)nc3ccn2c1=O. The highest BCUT2D eigenvalue weighted by Crippen LogP contribution is 2.40. The normalized spacial score (nSPS) is 15.4. The highest BCUT2D eigenvalue weighted by Gasteiger charge is 2.34. The molecule has 0 saturated heterocycles. The summed E-state index contributed by atoms with van der Waals surface area (Å²) < 4.78 is 3.15. The third-order valence-corrected chi connectivity index (χ3v) is 7.18. The van der Waals surface area contributed by atoms with Crippen molar-refractivity contribution < 1.29 is 0 Å². The molecule has 35 heavy (non-hydrogen) atoms. The van der Waals surface area contributed by atoms with Gasteiger partial charge < -0.3 is 5.73 Å². The van der Waals surface area contributed by atoms with Gasteiger partial charge in [0.2, 0.25) is 0 Å². The fourth-order valence-electron chi connectivity index (χ4n) is 4.98. The molecule has 0 radical (unpaired) electrons. The Morgan fingerprint density at radius 2 is 1.66 bits per heavy atom. The van der Waals surface area contributed by atoms with E-state index in [2.05, 4.69) is 42.5 Å². The first-order valence-corrected chi connectivity index (χ1v) is 12.2. The summed E-state index contributed by atoms with van der Waals surface area (Å²) in [6.07, 6.45) is 5.02. The lowest BCUT2D eigenvalue weighted by Crippen LogP contribution is -2.43. The van der Waals surface area contributed by atoms with E-state index in [0.717, 1.165) is 46.1 Å². The number of aromatic nitrogens is 4. The summed E-state index contributed by atoms with van der Waals surface area (Å²) in [5, 5.41) is 5.57. The van der Waals surface area contributed by atoms with E-state index in [9.17, 15) is 4.79 Å². The molecule has 0 spiro atoms. The van der Waals surface area contributed by atoms with Gasteiger partial charge in [0.1, 0.15) is 0 Å².